The molecule has 0 unspecified atom stereocenters. The Balaban J connectivity index is 2.71. The van der Waals surface area contributed by atoms with Crippen LogP contribution < -0.4 is 4.90 Å². The summed E-state index contributed by atoms with van der Waals surface area (Å²) in [5.74, 6) is -1.04. The van der Waals surface area contributed by atoms with E-state index >= 15 is 0 Å². The third-order valence-electron chi connectivity index (χ3n) is 1.65. The van der Waals surface area contributed by atoms with E-state index < -0.39 is 18.9 Å². The summed E-state index contributed by atoms with van der Waals surface area (Å²) in [7, 11) is 1.50. The van der Waals surface area contributed by atoms with E-state index in [9.17, 15) is 13.6 Å². The smallest absolute Gasteiger partial charge is 0.345 e. The van der Waals surface area contributed by atoms with Gasteiger partial charge >= 0.3 is 5.97 Å². The van der Waals surface area contributed by atoms with E-state index in [1.807, 2.05) is 0 Å². The molecule has 0 fully saturated rings. The highest BCUT2D eigenvalue weighted by molar-refractivity contribution is 7.12. The Morgan fingerprint density at radius 1 is 1.71 bits per heavy atom. The number of nitrogens with zero attached hydrogens (tertiary/aromatic N) is 1. The molecule has 78 valence electrons. The minimum absolute atomic E-state index is 0.154. The Bertz CT molecular complexity index is 327. The normalized spacial score (nSPS) is 10.6. The Morgan fingerprint density at radius 3 is 2.79 bits per heavy atom. The number of carboxylic acids is 1. The van der Waals surface area contributed by atoms with Crippen molar-refractivity contribution in [2.75, 3.05) is 18.5 Å². The van der Waals surface area contributed by atoms with Gasteiger partial charge in [-0.1, -0.05) is 0 Å². The molecule has 1 rings (SSSR count). The molecule has 0 bridgehead atoms. The highest BCUT2D eigenvalue weighted by Gasteiger charge is 2.12. The van der Waals surface area contributed by atoms with Crippen LogP contribution >= 0.6 is 11.3 Å². The van der Waals surface area contributed by atoms with Crippen LogP contribution in [0.1, 0.15) is 9.67 Å². The maximum absolute atomic E-state index is 12.0. The van der Waals surface area contributed by atoms with Crippen molar-refractivity contribution < 1.29 is 18.7 Å². The zero-order valence-corrected chi connectivity index (χ0v) is 8.22. The number of hydrogen-bond acceptors (Lipinski definition) is 3. The summed E-state index contributed by atoms with van der Waals surface area (Å²) in [6, 6.07) is 1.38. The lowest BCUT2D eigenvalue weighted by molar-refractivity contribution is 0.0702. The molecule has 1 heterocycles. The average molecular weight is 221 g/mol. The summed E-state index contributed by atoms with van der Waals surface area (Å²) in [5, 5.41) is 10.2. The van der Waals surface area contributed by atoms with E-state index in [0.717, 1.165) is 11.3 Å². The number of thiophene rings is 1. The van der Waals surface area contributed by atoms with Crippen molar-refractivity contribution in [3.8, 4) is 0 Å². The van der Waals surface area contributed by atoms with Crippen LogP contribution in [0.5, 0.6) is 0 Å². The zero-order chi connectivity index (χ0) is 10.7. The quantitative estimate of drug-likeness (QED) is 0.846. The third kappa shape index (κ3) is 2.66. The molecule has 1 aromatic rings. The van der Waals surface area contributed by atoms with Gasteiger partial charge in [0, 0.05) is 18.1 Å². The highest BCUT2D eigenvalue weighted by Crippen LogP contribution is 2.22. The molecular weight excluding hydrogens is 212 g/mol. The number of rotatable bonds is 4. The molecule has 1 N–H and O–H groups in total. The van der Waals surface area contributed by atoms with Gasteiger partial charge in [-0.25, -0.2) is 13.6 Å². The van der Waals surface area contributed by atoms with Crippen molar-refractivity contribution in [3.05, 3.63) is 16.3 Å². The Hall–Kier alpha value is -1.17. The summed E-state index contributed by atoms with van der Waals surface area (Å²) >= 11 is 1.03. The molecule has 0 radical (unpaired) electrons. The number of halogens is 2. The van der Waals surface area contributed by atoms with Crippen LogP contribution in [0.3, 0.4) is 0 Å². The minimum Gasteiger partial charge on any atom is -0.477 e. The Morgan fingerprint density at radius 2 is 2.36 bits per heavy atom. The van der Waals surface area contributed by atoms with Crippen LogP contribution in [0, 0.1) is 0 Å². The van der Waals surface area contributed by atoms with Crippen LogP contribution in [-0.4, -0.2) is 31.1 Å². The monoisotopic (exact) mass is 221 g/mol. The molecule has 6 heteroatoms. The molecule has 3 nitrogen and oxygen atoms in total. The van der Waals surface area contributed by atoms with Crippen molar-refractivity contribution in [1.29, 1.82) is 0 Å². The van der Waals surface area contributed by atoms with E-state index in [2.05, 4.69) is 0 Å². The fraction of sp³-hybridized carbons (Fsp3) is 0.375. The molecule has 0 amide bonds. The Labute approximate surface area is 83.6 Å². The first-order valence-corrected chi connectivity index (χ1v) is 4.69. The predicted molar refractivity (Wildman–Crippen MR) is 50.6 cm³/mol. The molecule has 14 heavy (non-hydrogen) atoms. The summed E-state index contributed by atoms with van der Waals surface area (Å²) in [6.07, 6.45) is -2.42. The lowest BCUT2D eigenvalue weighted by atomic mass is 10.4. The van der Waals surface area contributed by atoms with E-state index in [-0.39, 0.29) is 4.88 Å². The largest absolute Gasteiger partial charge is 0.477 e. The first-order valence-electron chi connectivity index (χ1n) is 3.82. The highest BCUT2D eigenvalue weighted by atomic mass is 32.1. The van der Waals surface area contributed by atoms with Crippen LogP contribution in [-0.2, 0) is 0 Å². The maximum Gasteiger partial charge on any atom is 0.345 e. The lowest BCUT2D eigenvalue weighted by Crippen LogP contribution is -2.23. The molecule has 0 aromatic carbocycles. The van der Waals surface area contributed by atoms with Gasteiger partial charge in [0.1, 0.15) is 4.88 Å². The fourth-order valence-electron chi connectivity index (χ4n) is 0.951. The van der Waals surface area contributed by atoms with Crippen molar-refractivity contribution in [2.24, 2.45) is 0 Å². The predicted octanol–water partition coefficient (Wildman–Crippen LogP) is 2.15. The third-order valence-corrected chi connectivity index (χ3v) is 2.55. The van der Waals surface area contributed by atoms with Gasteiger partial charge in [0.15, 0.2) is 0 Å². The van der Waals surface area contributed by atoms with E-state index in [1.54, 1.807) is 5.38 Å². The minimum atomic E-state index is -2.42. The molecule has 0 atom stereocenters. The van der Waals surface area contributed by atoms with Crippen LogP contribution in [0.2, 0.25) is 0 Å². The van der Waals surface area contributed by atoms with Crippen molar-refractivity contribution in [1.82, 2.24) is 0 Å². The zero-order valence-electron chi connectivity index (χ0n) is 7.41. The van der Waals surface area contributed by atoms with Gasteiger partial charge in [-0.3, -0.25) is 0 Å². The summed E-state index contributed by atoms with van der Waals surface area (Å²) in [5.41, 5.74) is 0.507. The SMILES string of the molecule is CN(CC(F)F)c1csc(C(=O)O)c1. The van der Waals surface area contributed by atoms with E-state index in [1.165, 1.54) is 18.0 Å². The van der Waals surface area contributed by atoms with Gasteiger partial charge in [-0.05, 0) is 6.07 Å². The van der Waals surface area contributed by atoms with Gasteiger partial charge in [0.05, 0.1) is 6.54 Å². The second-order valence-electron chi connectivity index (χ2n) is 2.75. The van der Waals surface area contributed by atoms with Crippen molar-refractivity contribution >= 4 is 23.0 Å². The fourth-order valence-corrected chi connectivity index (χ4v) is 1.74. The molecule has 0 aliphatic heterocycles. The van der Waals surface area contributed by atoms with Crippen LogP contribution in [0.4, 0.5) is 14.5 Å². The second kappa shape index (κ2) is 4.36. The number of carbonyl (C=O) groups is 1. The number of carboxylic acid groups (broad SMARTS) is 1. The topological polar surface area (TPSA) is 40.5 Å². The molecule has 0 aliphatic rings. The van der Waals surface area contributed by atoms with Crippen molar-refractivity contribution in [2.45, 2.75) is 6.43 Å². The van der Waals surface area contributed by atoms with Crippen molar-refractivity contribution in [3.63, 3.8) is 0 Å². The van der Waals surface area contributed by atoms with Gasteiger partial charge in [0.2, 0.25) is 0 Å². The summed E-state index contributed by atoms with van der Waals surface area (Å²) < 4.78 is 24.0. The van der Waals surface area contributed by atoms with E-state index in [0.29, 0.717) is 5.69 Å². The summed E-state index contributed by atoms with van der Waals surface area (Å²) in [4.78, 5) is 12.0. The molecule has 1 aromatic heterocycles. The standard InChI is InChI=1S/C8H9F2NO2S/c1-11(3-7(9)10)5-2-6(8(12)13)14-4-5/h2,4,7H,3H2,1H3,(H,12,13). The molecule has 0 saturated carbocycles. The van der Waals surface area contributed by atoms with Gasteiger partial charge in [-0.15, -0.1) is 11.3 Å². The number of anilines is 1. The first-order chi connectivity index (χ1) is 6.50. The number of hydrogen-bond donors (Lipinski definition) is 1. The van der Waals surface area contributed by atoms with Crippen LogP contribution in [0.15, 0.2) is 11.4 Å². The van der Waals surface area contributed by atoms with E-state index in [4.69, 9.17) is 5.11 Å². The first kappa shape index (κ1) is 10.9. The average Bonchev–Trinajstić information content (AvgIpc) is 2.50. The lowest BCUT2D eigenvalue weighted by Gasteiger charge is -2.16. The molecule has 0 saturated heterocycles. The maximum atomic E-state index is 12.0. The summed E-state index contributed by atoms with van der Waals surface area (Å²) in [6.45, 7) is -0.393. The van der Waals surface area contributed by atoms with Gasteiger partial charge in [-0.2, -0.15) is 0 Å². The van der Waals surface area contributed by atoms with Gasteiger partial charge in [0.25, 0.3) is 6.43 Å². The molecular formula is C8H9F2NO2S. The Kier molecular flexibility index (Phi) is 3.40. The number of alkyl halides is 2. The second-order valence-corrected chi connectivity index (χ2v) is 3.66. The van der Waals surface area contributed by atoms with Crippen LogP contribution in [0.25, 0.3) is 0 Å². The molecule has 0 aliphatic carbocycles. The number of aromatic carboxylic acids is 1. The van der Waals surface area contributed by atoms with Gasteiger partial charge < -0.3 is 10.0 Å². The molecule has 0 spiro atoms.